The summed E-state index contributed by atoms with van der Waals surface area (Å²) in [5.41, 5.74) is 2.26. The summed E-state index contributed by atoms with van der Waals surface area (Å²) >= 11 is 0. The zero-order chi connectivity index (χ0) is 13.2. The fraction of sp³-hybridized carbons (Fsp3) is 0.533. The van der Waals surface area contributed by atoms with Crippen molar-refractivity contribution in [2.24, 2.45) is 5.92 Å². The molecule has 4 nitrogen and oxygen atoms in total. The van der Waals surface area contributed by atoms with E-state index in [9.17, 15) is 9.90 Å². The van der Waals surface area contributed by atoms with E-state index in [-0.39, 0.29) is 24.0 Å². The van der Waals surface area contributed by atoms with Crippen molar-refractivity contribution in [3.8, 4) is 0 Å². The number of amides is 1. The molecule has 2 unspecified atom stereocenters. The summed E-state index contributed by atoms with van der Waals surface area (Å²) in [7, 11) is 0. The third-order valence-corrected chi connectivity index (χ3v) is 4.25. The molecule has 4 heteroatoms. The number of benzene rings is 1. The van der Waals surface area contributed by atoms with Crippen LogP contribution >= 0.6 is 0 Å². The minimum atomic E-state index is -0.242. The van der Waals surface area contributed by atoms with Gasteiger partial charge in [-0.3, -0.25) is 4.79 Å². The van der Waals surface area contributed by atoms with Gasteiger partial charge in [-0.05, 0) is 24.5 Å². The minimum absolute atomic E-state index is 0.0373. The van der Waals surface area contributed by atoms with Crippen molar-refractivity contribution in [3.05, 3.63) is 29.8 Å². The first kappa shape index (κ1) is 12.5. The zero-order valence-electron chi connectivity index (χ0n) is 10.9. The number of carbonyl (C=O) groups is 1. The van der Waals surface area contributed by atoms with Crippen molar-refractivity contribution < 1.29 is 9.90 Å². The predicted molar refractivity (Wildman–Crippen MR) is 73.9 cm³/mol. The Kier molecular flexibility index (Phi) is 3.42. The minimum Gasteiger partial charge on any atom is -0.393 e. The van der Waals surface area contributed by atoms with Crippen molar-refractivity contribution in [3.63, 3.8) is 0 Å². The van der Waals surface area contributed by atoms with Crippen LogP contribution in [0.15, 0.2) is 24.3 Å². The average Bonchev–Trinajstić information content (AvgIpc) is 3.01. The number of nitrogens with one attached hydrogen (secondary N) is 2. The van der Waals surface area contributed by atoms with Crippen LogP contribution in [-0.2, 0) is 11.2 Å². The summed E-state index contributed by atoms with van der Waals surface area (Å²) in [4.78, 5) is 12.1. The van der Waals surface area contributed by atoms with E-state index >= 15 is 0 Å². The van der Waals surface area contributed by atoms with Gasteiger partial charge in [0.05, 0.1) is 6.10 Å². The molecule has 102 valence electrons. The summed E-state index contributed by atoms with van der Waals surface area (Å²) in [6.07, 6.45) is 3.45. The van der Waals surface area contributed by atoms with Gasteiger partial charge in [0.2, 0.25) is 5.91 Å². The van der Waals surface area contributed by atoms with Crippen molar-refractivity contribution in [2.75, 3.05) is 11.9 Å². The molecule has 0 bridgehead atoms. The van der Waals surface area contributed by atoms with Gasteiger partial charge in [-0.1, -0.05) is 24.6 Å². The van der Waals surface area contributed by atoms with Crippen LogP contribution in [0.3, 0.4) is 0 Å². The number of aliphatic hydroxyl groups excluding tert-OH is 1. The second-order valence-corrected chi connectivity index (χ2v) is 5.56. The van der Waals surface area contributed by atoms with E-state index in [4.69, 9.17) is 0 Å². The van der Waals surface area contributed by atoms with Gasteiger partial charge in [0.25, 0.3) is 0 Å². The maximum atomic E-state index is 12.1. The van der Waals surface area contributed by atoms with E-state index in [0.29, 0.717) is 6.54 Å². The lowest BCUT2D eigenvalue weighted by atomic mass is 10.1. The number of hydrogen-bond acceptors (Lipinski definition) is 3. The lowest BCUT2D eigenvalue weighted by Gasteiger charge is -2.17. The molecular weight excluding hydrogens is 240 g/mol. The standard InChI is InChI=1S/C15H20N2O2/c18-14-7-3-5-11(14)9-16-15(19)13-8-10-4-1-2-6-12(10)17-13/h1-2,4,6,11,13-14,17-18H,3,5,7-9H2,(H,16,19)/t11?,13-,14?/m0/s1. The Morgan fingerprint density at radius 1 is 1.37 bits per heavy atom. The molecular formula is C15H20N2O2. The summed E-state index contributed by atoms with van der Waals surface area (Å²) in [6, 6.07) is 7.85. The average molecular weight is 260 g/mol. The topological polar surface area (TPSA) is 61.4 Å². The first-order chi connectivity index (χ1) is 9.24. The van der Waals surface area contributed by atoms with Gasteiger partial charge < -0.3 is 15.7 Å². The van der Waals surface area contributed by atoms with E-state index in [1.165, 1.54) is 5.56 Å². The van der Waals surface area contributed by atoms with Gasteiger partial charge in [-0.25, -0.2) is 0 Å². The Morgan fingerprint density at radius 2 is 2.21 bits per heavy atom. The number of rotatable bonds is 3. The monoisotopic (exact) mass is 260 g/mol. The Hall–Kier alpha value is -1.55. The molecule has 1 fully saturated rings. The number of aliphatic hydroxyl groups is 1. The summed E-state index contributed by atoms with van der Waals surface area (Å²) in [6.45, 7) is 0.592. The van der Waals surface area contributed by atoms with E-state index in [2.05, 4.69) is 16.7 Å². The molecule has 1 aromatic carbocycles. The van der Waals surface area contributed by atoms with Gasteiger partial charge in [0, 0.05) is 24.6 Å². The number of anilines is 1. The van der Waals surface area contributed by atoms with Crippen LogP contribution in [0.2, 0.25) is 0 Å². The second kappa shape index (κ2) is 5.21. The van der Waals surface area contributed by atoms with E-state index in [1.54, 1.807) is 0 Å². The predicted octanol–water partition coefficient (Wildman–Crippen LogP) is 1.30. The lowest BCUT2D eigenvalue weighted by molar-refractivity contribution is -0.122. The van der Waals surface area contributed by atoms with Crippen molar-refractivity contribution >= 4 is 11.6 Å². The highest BCUT2D eigenvalue weighted by molar-refractivity contribution is 5.87. The molecule has 1 amide bonds. The summed E-state index contributed by atoms with van der Waals surface area (Å²) in [5.74, 6) is 0.267. The summed E-state index contributed by atoms with van der Waals surface area (Å²) in [5, 5.41) is 16.0. The molecule has 0 radical (unpaired) electrons. The van der Waals surface area contributed by atoms with Crippen LogP contribution in [0.25, 0.3) is 0 Å². The first-order valence-electron chi connectivity index (χ1n) is 7.04. The Balaban J connectivity index is 1.52. The lowest BCUT2D eigenvalue weighted by Crippen LogP contribution is -2.41. The van der Waals surface area contributed by atoms with Crippen molar-refractivity contribution in [2.45, 2.75) is 37.8 Å². The molecule has 1 saturated carbocycles. The fourth-order valence-corrected chi connectivity index (χ4v) is 3.07. The van der Waals surface area contributed by atoms with Crippen molar-refractivity contribution in [1.29, 1.82) is 0 Å². The van der Waals surface area contributed by atoms with Gasteiger partial charge in [0.15, 0.2) is 0 Å². The van der Waals surface area contributed by atoms with Gasteiger partial charge in [-0.2, -0.15) is 0 Å². The second-order valence-electron chi connectivity index (χ2n) is 5.56. The molecule has 0 aromatic heterocycles. The maximum Gasteiger partial charge on any atom is 0.242 e. The molecule has 0 saturated heterocycles. The van der Waals surface area contributed by atoms with Gasteiger partial charge >= 0.3 is 0 Å². The normalized spacial score (nSPS) is 28.8. The van der Waals surface area contributed by atoms with Crippen LogP contribution in [0, 0.1) is 5.92 Å². The first-order valence-corrected chi connectivity index (χ1v) is 7.04. The smallest absolute Gasteiger partial charge is 0.242 e. The fourth-order valence-electron chi connectivity index (χ4n) is 3.07. The third kappa shape index (κ3) is 2.59. The Bertz CT molecular complexity index is 450. The quantitative estimate of drug-likeness (QED) is 0.767. The highest BCUT2D eigenvalue weighted by Crippen LogP contribution is 2.26. The van der Waals surface area contributed by atoms with E-state index in [0.717, 1.165) is 31.4 Å². The van der Waals surface area contributed by atoms with E-state index in [1.807, 2.05) is 18.2 Å². The maximum absolute atomic E-state index is 12.1. The van der Waals surface area contributed by atoms with Gasteiger partial charge in [0.1, 0.15) is 6.04 Å². The van der Waals surface area contributed by atoms with Crippen LogP contribution in [0.1, 0.15) is 24.8 Å². The molecule has 1 aliphatic heterocycles. The van der Waals surface area contributed by atoms with Crippen LogP contribution in [0.5, 0.6) is 0 Å². The van der Waals surface area contributed by atoms with Crippen LogP contribution in [-0.4, -0.2) is 29.7 Å². The van der Waals surface area contributed by atoms with Crippen molar-refractivity contribution in [1.82, 2.24) is 5.32 Å². The third-order valence-electron chi connectivity index (χ3n) is 4.25. The number of fused-ring (bicyclic) bond motifs is 1. The molecule has 3 atom stereocenters. The molecule has 1 aromatic rings. The number of hydrogen-bond donors (Lipinski definition) is 3. The van der Waals surface area contributed by atoms with E-state index < -0.39 is 0 Å². The number of carbonyl (C=O) groups excluding carboxylic acids is 1. The Labute approximate surface area is 113 Å². The van der Waals surface area contributed by atoms with Crippen LogP contribution in [0.4, 0.5) is 5.69 Å². The molecule has 2 aliphatic rings. The largest absolute Gasteiger partial charge is 0.393 e. The molecule has 3 N–H and O–H groups in total. The molecule has 19 heavy (non-hydrogen) atoms. The molecule has 1 aliphatic carbocycles. The molecule has 1 heterocycles. The van der Waals surface area contributed by atoms with Gasteiger partial charge in [-0.15, -0.1) is 0 Å². The Morgan fingerprint density at radius 3 is 2.95 bits per heavy atom. The highest BCUT2D eigenvalue weighted by Gasteiger charge is 2.29. The highest BCUT2D eigenvalue weighted by atomic mass is 16.3. The molecule has 0 spiro atoms. The SMILES string of the molecule is O=C(NCC1CCCC1O)[C@@H]1Cc2ccccc2N1. The van der Waals surface area contributed by atoms with Crippen LogP contribution < -0.4 is 10.6 Å². The molecule has 3 rings (SSSR count). The number of para-hydroxylation sites is 1. The zero-order valence-corrected chi connectivity index (χ0v) is 10.9. The summed E-state index contributed by atoms with van der Waals surface area (Å²) < 4.78 is 0.